The number of primary amides is 4. The van der Waals surface area contributed by atoms with Gasteiger partial charge in [-0.25, -0.2) is 9.59 Å². The molecule has 0 aliphatic carbocycles. The fourth-order valence-corrected chi connectivity index (χ4v) is 0. The van der Waals surface area contributed by atoms with Gasteiger partial charge in [0.2, 0.25) is 0 Å². The number of hydrogen-bond donors (Lipinski definition) is 4. The summed E-state index contributed by atoms with van der Waals surface area (Å²) in [4.78, 5) is 18.0. The molecule has 0 aliphatic heterocycles. The van der Waals surface area contributed by atoms with Crippen molar-refractivity contribution in [2.75, 3.05) is 0 Å². The summed E-state index contributed by atoms with van der Waals surface area (Å²) in [5.74, 6) is 0. The quantitative estimate of drug-likeness (QED) is 0.326. The number of nitrogens with two attached hydrogens (primary N) is 4. The molecule has 6 nitrogen and oxygen atoms in total. The molecule has 0 aromatic heterocycles. The van der Waals surface area contributed by atoms with Crippen molar-refractivity contribution < 1.29 is 29.1 Å². The average molecular weight is 186 g/mol. The summed E-state index contributed by atoms with van der Waals surface area (Å²) in [5, 5.41) is 0. The summed E-state index contributed by atoms with van der Waals surface area (Å²) in [6.45, 7) is 0. The smallest absolute Gasteiger partial charge is 0.309 e. The van der Waals surface area contributed by atoms with E-state index in [-0.39, 0.29) is 19.5 Å². The van der Waals surface area contributed by atoms with Crippen LogP contribution >= 0.6 is 0 Å². The van der Waals surface area contributed by atoms with Crippen molar-refractivity contribution in [3.05, 3.63) is 0 Å². The summed E-state index contributed by atoms with van der Waals surface area (Å²) in [5.41, 5.74) is 17.0. The molecule has 0 aliphatic rings. The van der Waals surface area contributed by atoms with Crippen LogP contribution < -0.4 is 22.9 Å². The fourth-order valence-electron chi connectivity index (χ4n) is 0. The third-order valence-electron chi connectivity index (χ3n) is 0. The first-order valence-corrected chi connectivity index (χ1v) is 1.56. The van der Waals surface area contributed by atoms with Gasteiger partial charge in [0.1, 0.15) is 0 Å². The minimum atomic E-state index is -0.833. The summed E-state index contributed by atoms with van der Waals surface area (Å²) in [6.07, 6.45) is 0. The van der Waals surface area contributed by atoms with E-state index in [1.165, 1.54) is 0 Å². The van der Waals surface area contributed by atoms with Crippen LogP contribution in [0.3, 0.4) is 0 Å². The van der Waals surface area contributed by atoms with E-state index >= 15 is 0 Å². The van der Waals surface area contributed by atoms with Crippen LogP contribution in [0.5, 0.6) is 0 Å². The summed E-state index contributed by atoms with van der Waals surface area (Å²) in [7, 11) is 0. The Hall–Kier alpha value is -0.837. The van der Waals surface area contributed by atoms with Crippen molar-refractivity contribution in [1.29, 1.82) is 0 Å². The standard InChI is InChI=1S/2CH4N2O.Zn/c2*2-1(3)4;/h2*(H4,2,3,4);. The molecule has 8 N–H and O–H groups in total. The van der Waals surface area contributed by atoms with E-state index in [0.717, 1.165) is 0 Å². The van der Waals surface area contributed by atoms with Crippen LogP contribution in [0.1, 0.15) is 0 Å². The Balaban J connectivity index is -0.0000000720. The number of amides is 4. The summed E-state index contributed by atoms with van der Waals surface area (Å²) >= 11 is 0. The zero-order valence-electron chi connectivity index (χ0n) is 4.83. The van der Waals surface area contributed by atoms with Crippen LogP contribution in [0.25, 0.3) is 0 Å². The van der Waals surface area contributed by atoms with Crippen LogP contribution in [0.2, 0.25) is 0 Å². The minimum absolute atomic E-state index is 0. The van der Waals surface area contributed by atoms with E-state index in [2.05, 4.69) is 22.9 Å². The van der Waals surface area contributed by atoms with Crippen LogP contribution in [0.4, 0.5) is 9.59 Å². The van der Waals surface area contributed by atoms with Crippen molar-refractivity contribution in [2.45, 2.75) is 0 Å². The Kier molecular flexibility index (Phi) is 17.8. The van der Waals surface area contributed by atoms with Gasteiger partial charge in [0.05, 0.1) is 0 Å². The largest absolute Gasteiger partial charge is 0.352 e. The Morgan fingerprint density at radius 3 is 0.778 bits per heavy atom. The van der Waals surface area contributed by atoms with E-state index in [0.29, 0.717) is 0 Å². The molecule has 0 heterocycles. The zero-order valence-corrected chi connectivity index (χ0v) is 7.80. The zero-order chi connectivity index (χ0) is 7.15. The van der Waals surface area contributed by atoms with Gasteiger partial charge < -0.3 is 22.9 Å². The first-order chi connectivity index (χ1) is 3.46. The van der Waals surface area contributed by atoms with Crippen molar-refractivity contribution in [3.8, 4) is 0 Å². The van der Waals surface area contributed by atoms with Gasteiger partial charge in [0.15, 0.2) is 0 Å². The normalized spacial score (nSPS) is 5.33. The Bertz CT molecular complexity index is 74.6. The maximum Gasteiger partial charge on any atom is 0.309 e. The number of urea groups is 2. The maximum absolute atomic E-state index is 9.00. The van der Waals surface area contributed by atoms with Crippen molar-refractivity contribution in [2.24, 2.45) is 22.9 Å². The van der Waals surface area contributed by atoms with E-state index in [4.69, 9.17) is 9.59 Å². The first-order valence-electron chi connectivity index (χ1n) is 1.56. The molecular formula is C2H8N4O2Zn. The molecule has 4 amide bonds. The Labute approximate surface area is 64.7 Å². The van der Waals surface area contributed by atoms with Gasteiger partial charge in [-0.1, -0.05) is 0 Å². The Morgan fingerprint density at radius 1 is 0.778 bits per heavy atom. The third kappa shape index (κ3) is 273. The van der Waals surface area contributed by atoms with E-state index in [1.807, 2.05) is 0 Å². The molecule has 0 aromatic carbocycles. The number of rotatable bonds is 0. The van der Waals surface area contributed by atoms with Gasteiger partial charge in [-0.3, -0.25) is 0 Å². The van der Waals surface area contributed by atoms with Crippen molar-refractivity contribution in [1.82, 2.24) is 0 Å². The van der Waals surface area contributed by atoms with E-state index in [1.54, 1.807) is 0 Å². The topological polar surface area (TPSA) is 138 Å². The molecular weight excluding hydrogens is 177 g/mol. The predicted molar refractivity (Wildman–Crippen MR) is 27.5 cm³/mol. The van der Waals surface area contributed by atoms with Crippen molar-refractivity contribution in [3.63, 3.8) is 0 Å². The minimum Gasteiger partial charge on any atom is -0.352 e. The summed E-state index contributed by atoms with van der Waals surface area (Å²) in [6, 6.07) is -1.67. The number of carbonyl (C=O) groups excluding carboxylic acids is 2. The van der Waals surface area contributed by atoms with Gasteiger partial charge >= 0.3 is 12.1 Å². The number of carbonyl (C=O) groups is 2. The molecule has 9 heavy (non-hydrogen) atoms. The Morgan fingerprint density at radius 2 is 0.778 bits per heavy atom. The predicted octanol–water partition coefficient (Wildman–Crippen LogP) is -1.95. The SMILES string of the molecule is NC(N)=O.NC(N)=O.[Zn]. The maximum atomic E-state index is 9.00. The molecule has 0 aromatic rings. The van der Waals surface area contributed by atoms with Gasteiger partial charge in [0.25, 0.3) is 0 Å². The van der Waals surface area contributed by atoms with E-state index < -0.39 is 12.1 Å². The molecule has 7 heteroatoms. The monoisotopic (exact) mass is 184 g/mol. The van der Waals surface area contributed by atoms with Gasteiger partial charge in [0, 0.05) is 19.5 Å². The van der Waals surface area contributed by atoms with Gasteiger partial charge in [-0.05, 0) is 0 Å². The molecule has 0 saturated carbocycles. The van der Waals surface area contributed by atoms with Crippen LogP contribution in [-0.4, -0.2) is 12.1 Å². The molecule has 0 saturated heterocycles. The average Bonchev–Trinajstić information content (AvgIpc) is 1.25. The van der Waals surface area contributed by atoms with E-state index in [9.17, 15) is 0 Å². The summed E-state index contributed by atoms with van der Waals surface area (Å²) < 4.78 is 0. The van der Waals surface area contributed by atoms with Crippen LogP contribution in [0.15, 0.2) is 0 Å². The molecule has 0 fully saturated rings. The second kappa shape index (κ2) is 10.2. The molecule has 0 atom stereocenters. The van der Waals surface area contributed by atoms with Gasteiger partial charge in [-0.15, -0.1) is 0 Å². The third-order valence-corrected chi connectivity index (χ3v) is 0. The first kappa shape index (κ1) is 15.7. The number of hydrogen-bond acceptors (Lipinski definition) is 2. The molecule has 50 valence electrons. The molecule has 0 radical (unpaired) electrons. The molecule has 0 bridgehead atoms. The molecule has 0 rings (SSSR count). The van der Waals surface area contributed by atoms with Crippen LogP contribution in [-0.2, 0) is 19.5 Å². The molecule has 0 spiro atoms. The second-order valence-corrected chi connectivity index (χ2v) is 0.805. The fraction of sp³-hybridized carbons (Fsp3) is 0. The van der Waals surface area contributed by atoms with Gasteiger partial charge in [-0.2, -0.15) is 0 Å². The van der Waals surface area contributed by atoms with Crippen molar-refractivity contribution >= 4 is 12.1 Å². The molecule has 0 unspecified atom stereocenters. The second-order valence-electron chi connectivity index (χ2n) is 0.805. The van der Waals surface area contributed by atoms with Crippen LogP contribution in [0, 0.1) is 0 Å².